The molecule has 0 spiro atoms. The molecule has 1 heterocycles. The first-order chi connectivity index (χ1) is 8.49. The molecule has 0 radical (unpaired) electrons. The van der Waals surface area contributed by atoms with Crippen molar-refractivity contribution in [2.45, 2.75) is 11.8 Å². The highest BCUT2D eigenvalue weighted by atomic mass is 32.2. The lowest BCUT2D eigenvalue weighted by molar-refractivity contribution is 0.101. The van der Waals surface area contributed by atoms with Gasteiger partial charge in [-0.1, -0.05) is 23.5 Å². The summed E-state index contributed by atoms with van der Waals surface area (Å²) in [6.07, 6.45) is 0. The van der Waals surface area contributed by atoms with Gasteiger partial charge in [-0.3, -0.25) is 9.52 Å². The summed E-state index contributed by atoms with van der Waals surface area (Å²) in [4.78, 5) is 11.2. The van der Waals surface area contributed by atoms with Crippen molar-refractivity contribution >= 4 is 32.3 Å². The Kier molecular flexibility index (Phi) is 3.39. The second-order valence-corrected chi connectivity index (χ2v) is 5.95. The van der Waals surface area contributed by atoms with E-state index in [1.807, 2.05) is 0 Å². The minimum absolute atomic E-state index is 0.0719. The van der Waals surface area contributed by atoms with Gasteiger partial charge in [0, 0.05) is 5.56 Å². The summed E-state index contributed by atoms with van der Waals surface area (Å²) < 4.78 is 26.1. The lowest BCUT2D eigenvalue weighted by Crippen LogP contribution is -2.13. The third kappa shape index (κ3) is 2.71. The standard InChI is InChI=1S/C10H9N3O3S2/c1-7(14)8-2-4-9(5-3-8)18(15,16)13-10-12-11-6-17-10/h2-6H,1H3,(H,12,13). The van der Waals surface area contributed by atoms with Gasteiger partial charge in [0.1, 0.15) is 5.51 Å². The average Bonchev–Trinajstić information content (AvgIpc) is 2.81. The highest BCUT2D eigenvalue weighted by Gasteiger charge is 2.15. The van der Waals surface area contributed by atoms with Gasteiger partial charge in [0.05, 0.1) is 4.90 Å². The maximum absolute atomic E-state index is 11.9. The number of carbonyl (C=O) groups excluding carboxylic acids is 1. The summed E-state index contributed by atoms with van der Waals surface area (Å²) in [5.41, 5.74) is 1.89. The summed E-state index contributed by atoms with van der Waals surface area (Å²) in [6.45, 7) is 1.42. The number of anilines is 1. The number of ketones is 1. The Hall–Kier alpha value is -1.80. The molecule has 0 unspecified atom stereocenters. The van der Waals surface area contributed by atoms with Crippen molar-refractivity contribution < 1.29 is 13.2 Å². The van der Waals surface area contributed by atoms with Crippen molar-refractivity contribution in [1.82, 2.24) is 10.2 Å². The van der Waals surface area contributed by atoms with Crippen molar-refractivity contribution in [1.29, 1.82) is 0 Å². The van der Waals surface area contributed by atoms with Gasteiger partial charge >= 0.3 is 0 Å². The first-order valence-electron chi connectivity index (χ1n) is 4.89. The third-order valence-electron chi connectivity index (χ3n) is 2.15. The van der Waals surface area contributed by atoms with E-state index in [9.17, 15) is 13.2 Å². The highest BCUT2D eigenvalue weighted by molar-refractivity contribution is 7.93. The van der Waals surface area contributed by atoms with Crippen molar-refractivity contribution in [3.05, 3.63) is 35.3 Å². The first-order valence-corrected chi connectivity index (χ1v) is 7.25. The van der Waals surface area contributed by atoms with Crippen molar-refractivity contribution in [2.75, 3.05) is 4.72 Å². The number of hydrogen-bond donors (Lipinski definition) is 1. The Morgan fingerprint density at radius 3 is 2.44 bits per heavy atom. The molecule has 6 nitrogen and oxygen atoms in total. The molecule has 1 aromatic carbocycles. The summed E-state index contributed by atoms with van der Waals surface area (Å²) in [5, 5.41) is 7.33. The number of benzene rings is 1. The van der Waals surface area contributed by atoms with Crippen LogP contribution in [-0.4, -0.2) is 24.4 Å². The Morgan fingerprint density at radius 2 is 1.94 bits per heavy atom. The van der Waals surface area contributed by atoms with E-state index in [2.05, 4.69) is 14.9 Å². The Morgan fingerprint density at radius 1 is 1.28 bits per heavy atom. The predicted molar refractivity (Wildman–Crippen MR) is 67.2 cm³/mol. The number of nitrogens with zero attached hydrogens (tertiary/aromatic N) is 2. The normalized spacial score (nSPS) is 11.2. The molecule has 0 bridgehead atoms. The van der Waals surface area contributed by atoms with Crippen molar-refractivity contribution in [3.8, 4) is 0 Å². The van der Waals surface area contributed by atoms with Gasteiger partial charge < -0.3 is 0 Å². The van der Waals surface area contributed by atoms with Gasteiger partial charge in [-0.05, 0) is 19.1 Å². The van der Waals surface area contributed by atoms with E-state index in [0.717, 1.165) is 11.3 Å². The van der Waals surface area contributed by atoms with E-state index in [1.165, 1.54) is 36.7 Å². The van der Waals surface area contributed by atoms with Crippen LogP contribution in [0.2, 0.25) is 0 Å². The number of aromatic nitrogens is 2. The zero-order chi connectivity index (χ0) is 13.2. The van der Waals surface area contributed by atoms with Crippen LogP contribution in [0.3, 0.4) is 0 Å². The van der Waals surface area contributed by atoms with Crippen LogP contribution in [0.5, 0.6) is 0 Å². The maximum Gasteiger partial charge on any atom is 0.263 e. The summed E-state index contributed by atoms with van der Waals surface area (Å²) in [5.74, 6) is -0.115. The fourth-order valence-electron chi connectivity index (χ4n) is 1.26. The van der Waals surface area contributed by atoms with Crippen LogP contribution in [0.15, 0.2) is 34.7 Å². The summed E-state index contributed by atoms with van der Waals surface area (Å²) >= 11 is 1.09. The van der Waals surface area contributed by atoms with Crippen LogP contribution in [0.4, 0.5) is 5.13 Å². The quantitative estimate of drug-likeness (QED) is 0.860. The number of hydrogen-bond acceptors (Lipinski definition) is 6. The van der Waals surface area contributed by atoms with Crippen LogP contribution in [0.25, 0.3) is 0 Å². The Labute approximate surface area is 108 Å². The van der Waals surface area contributed by atoms with Crippen LogP contribution in [0.1, 0.15) is 17.3 Å². The molecule has 0 aliphatic carbocycles. The molecule has 8 heteroatoms. The van der Waals surface area contributed by atoms with Crippen LogP contribution in [0, 0.1) is 0 Å². The average molecular weight is 283 g/mol. The Balaban J connectivity index is 2.27. The van der Waals surface area contributed by atoms with Crippen LogP contribution in [-0.2, 0) is 10.0 Å². The van der Waals surface area contributed by atoms with Gasteiger partial charge in [-0.15, -0.1) is 10.2 Å². The number of Topliss-reactive ketones (excluding diaryl/α,β-unsaturated/α-hetero) is 1. The van der Waals surface area contributed by atoms with Gasteiger partial charge in [0.15, 0.2) is 5.78 Å². The molecule has 0 amide bonds. The molecule has 1 aromatic heterocycles. The van der Waals surface area contributed by atoms with E-state index < -0.39 is 10.0 Å². The van der Waals surface area contributed by atoms with E-state index in [1.54, 1.807) is 0 Å². The molecule has 0 saturated heterocycles. The highest BCUT2D eigenvalue weighted by Crippen LogP contribution is 2.17. The van der Waals surface area contributed by atoms with Gasteiger partial charge in [-0.2, -0.15) is 0 Å². The maximum atomic E-state index is 11.9. The van der Waals surface area contributed by atoms with E-state index in [4.69, 9.17) is 0 Å². The molecule has 18 heavy (non-hydrogen) atoms. The molecule has 0 saturated carbocycles. The fraction of sp³-hybridized carbons (Fsp3) is 0.100. The molecule has 0 aliphatic rings. The molecule has 0 atom stereocenters. The molecule has 0 aliphatic heterocycles. The topological polar surface area (TPSA) is 89.0 Å². The van der Waals surface area contributed by atoms with Crippen molar-refractivity contribution in [2.24, 2.45) is 0 Å². The molecule has 1 N–H and O–H groups in total. The molecule has 2 rings (SSSR count). The predicted octanol–water partition coefficient (Wildman–Crippen LogP) is 1.54. The zero-order valence-electron chi connectivity index (χ0n) is 9.32. The molecular weight excluding hydrogens is 274 g/mol. The summed E-state index contributed by atoms with van der Waals surface area (Å²) in [6, 6.07) is 5.69. The zero-order valence-corrected chi connectivity index (χ0v) is 11.0. The monoisotopic (exact) mass is 283 g/mol. The largest absolute Gasteiger partial charge is 0.295 e. The third-order valence-corrected chi connectivity index (χ3v) is 4.24. The fourth-order valence-corrected chi connectivity index (χ4v) is 2.95. The lowest BCUT2D eigenvalue weighted by atomic mass is 10.2. The number of rotatable bonds is 4. The molecular formula is C10H9N3O3S2. The van der Waals surface area contributed by atoms with Gasteiger partial charge in [0.2, 0.25) is 5.13 Å². The van der Waals surface area contributed by atoms with Crippen LogP contribution < -0.4 is 4.72 Å². The molecule has 94 valence electrons. The summed E-state index contributed by atoms with van der Waals surface area (Å²) in [7, 11) is -3.68. The van der Waals surface area contributed by atoms with Crippen LogP contribution >= 0.6 is 11.3 Å². The second-order valence-electron chi connectivity index (χ2n) is 3.43. The van der Waals surface area contributed by atoms with Gasteiger partial charge in [0.25, 0.3) is 10.0 Å². The first kappa shape index (κ1) is 12.7. The molecule has 0 fully saturated rings. The van der Waals surface area contributed by atoms with E-state index >= 15 is 0 Å². The lowest BCUT2D eigenvalue weighted by Gasteiger charge is -2.04. The SMILES string of the molecule is CC(=O)c1ccc(S(=O)(=O)Nc2nncs2)cc1. The number of nitrogens with one attached hydrogen (secondary N) is 1. The number of carbonyl (C=O) groups is 1. The van der Waals surface area contributed by atoms with E-state index in [-0.39, 0.29) is 15.8 Å². The van der Waals surface area contributed by atoms with Gasteiger partial charge in [-0.25, -0.2) is 8.42 Å². The molecule has 2 aromatic rings. The minimum Gasteiger partial charge on any atom is -0.295 e. The van der Waals surface area contributed by atoms with E-state index in [0.29, 0.717) is 5.56 Å². The second kappa shape index (κ2) is 4.83. The smallest absolute Gasteiger partial charge is 0.263 e. The Bertz CT molecular complexity index is 648. The minimum atomic E-state index is -3.68. The van der Waals surface area contributed by atoms with Crippen molar-refractivity contribution in [3.63, 3.8) is 0 Å². The number of sulfonamides is 1.